The molecule has 3 heterocycles. The molecule has 1 fully saturated rings. The number of amides is 1. The van der Waals surface area contributed by atoms with Crippen molar-refractivity contribution in [2.45, 2.75) is 52.4 Å². The van der Waals surface area contributed by atoms with Crippen molar-refractivity contribution >= 4 is 5.91 Å². The van der Waals surface area contributed by atoms with Gasteiger partial charge in [0.1, 0.15) is 5.56 Å². The molecular weight excluding hydrogens is 344 g/mol. The maximum absolute atomic E-state index is 13.0. The van der Waals surface area contributed by atoms with Gasteiger partial charge in [-0.15, -0.1) is 0 Å². The first-order valence-electron chi connectivity index (χ1n) is 9.66. The molecule has 1 aliphatic rings. The molecule has 1 aliphatic heterocycles. The monoisotopic (exact) mass is 372 g/mol. The van der Waals surface area contributed by atoms with E-state index in [1.807, 2.05) is 18.7 Å². The summed E-state index contributed by atoms with van der Waals surface area (Å²) in [5.41, 5.74) is 0.526. The molecule has 3 rings (SSSR count). The Morgan fingerprint density at radius 2 is 2.04 bits per heavy atom. The van der Waals surface area contributed by atoms with Gasteiger partial charge in [-0.25, -0.2) is 4.98 Å². The Balaban J connectivity index is 1.63. The predicted molar refractivity (Wildman–Crippen MR) is 101 cm³/mol. The number of likely N-dealkylation sites (tertiary alicyclic amines) is 1. The summed E-state index contributed by atoms with van der Waals surface area (Å²) in [6.07, 6.45) is 3.30. The van der Waals surface area contributed by atoms with Crippen molar-refractivity contribution in [1.29, 1.82) is 0 Å². The quantitative estimate of drug-likeness (QED) is 0.770. The van der Waals surface area contributed by atoms with E-state index >= 15 is 0 Å². The van der Waals surface area contributed by atoms with E-state index in [0.29, 0.717) is 42.9 Å². The molecule has 1 amide bonds. The van der Waals surface area contributed by atoms with Gasteiger partial charge in [-0.3, -0.25) is 4.79 Å². The summed E-state index contributed by atoms with van der Waals surface area (Å²) in [7, 11) is 0. The molecule has 0 spiro atoms. The van der Waals surface area contributed by atoms with Crippen LogP contribution in [0.25, 0.3) is 0 Å². The van der Waals surface area contributed by atoms with Crippen molar-refractivity contribution < 1.29 is 14.1 Å². The molecule has 0 atom stereocenters. The van der Waals surface area contributed by atoms with Gasteiger partial charge < -0.3 is 14.2 Å². The third-order valence-electron chi connectivity index (χ3n) is 4.65. The molecule has 0 aromatic carbocycles. The number of aromatic nitrogens is 3. The number of hydrogen-bond acceptors (Lipinski definition) is 6. The number of hydrogen-bond donors (Lipinski definition) is 0. The maximum Gasteiger partial charge on any atom is 0.259 e. The Hall–Kier alpha value is -2.44. The summed E-state index contributed by atoms with van der Waals surface area (Å²) >= 11 is 0. The van der Waals surface area contributed by atoms with E-state index in [1.165, 1.54) is 0 Å². The highest BCUT2D eigenvalue weighted by atomic mass is 16.5. The molecule has 0 aliphatic carbocycles. The Labute approximate surface area is 160 Å². The molecule has 0 N–H and O–H groups in total. The average molecular weight is 372 g/mol. The minimum Gasteiger partial charge on any atom is -0.477 e. The topological polar surface area (TPSA) is 81.4 Å². The first-order chi connectivity index (χ1) is 13.0. The highest BCUT2D eigenvalue weighted by molar-refractivity contribution is 5.96. The van der Waals surface area contributed by atoms with Crippen LogP contribution in [0.4, 0.5) is 0 Å². The molecule has 7 heteroatoms. The number of nitrogens with zero attached hydrogens (tertiary/aromatic N) is 4. The van der Waals surface area contributed by atoms with Crippen molar-refractivity contribution in [3.05, 3.63) is 35.6 Å². The second-order valence-corrected chi connectivity index (χ2v) is 7.77. The van der Waals surface area contributed by atoms with E-state index in [4.69, 9.17) is 9.26 Å². The largest absolute Gasteiger partial charge is 0.477 e. The first-order valence-corrected chi connectivity index (χ1v) is 9.66. The van der Waals surface area contributed by atoms with Gasteiger partial charge in [-0.05, 0) is 30.9 Å². The molecule has 0 saturated carbocycles. The second-order valence-electron chi connectivity index (χ2n) is 7.77. The van der Waals surface area contributed by atoms with Gasteiger partial charge in [0.25, 0.3) is 5.91 Å². The van der Waals surface area contributed by atoms with Gasteiger partial charge in [-0.1, -0.05) is 32.9 Å². The van der Waals surface area contributed by atoms with Crippen LogP contribution < -0.4 is 4.74 Å². The van der Waals surface area contributed by atoms with Crippen molar-refractivity contribution in [3.8, 4) is 5.88 Å². The minimum atomic E-state index is -0.0312. The normalized spacial score (nSPS) is 15.6. The molecule has 146 valence electrons. The van der Waals surface area contributed by atoms with Crippen LogP contribution in [0.1, 0.15) is 74.4 Å². The molecule has 27 heavy (non-hydrogen) atoms. The Bertz CT molecular complexity index is 764. The van der Waals surface area contributed by atoms with Crippen LogP contribution in [0.5, 0.6) is 5.88 Å². The van der Waals surface area contributed by atoms with Gasteiger partial charge >= 0.3 is 0 Å². The Morgan fingerprint density at radius 3 is 2.67 bits per heavy atom. The van der Waals surface area contributed by atoms with Crippen LogP contribution in [-0.4, -0.2) is 45.6 Å². The molecule has 7 nitrogen and oxygen atoms in total. The lowest BCUT2D eigenvalue weighted by Gasteiger charge is -2.31. The van der Waals surface area contributed by atoms with E-state index in [2.05, 4.69) is 29.0 Å². The SMILES string of the molecule is CC(C)COc1ncccc1C(=O)N1CCC(c2noc(C(C)C)n2)CC1. The highest BCUT2D eigenvalue weighted by Crippen LogP contribution is 2.28. The van der Waals surface area contributed by atoms with E-state index in [-0.39, 0.29) is 17.7 Å². The van der Waals surface area contributed by atoms with Crippen LogP contribution in [0.2, 0.25) is 0 Å². The lowest BCUT2D eigenvalue weighted by atomic mass is 9.95. The summed E-state index contributed by atoms with van der Waals surface area (Å²) in [6, 6.07) is 3.56. The maximum atomic E-state index is 13.0. The van der Waals surface area contributed by atoms with Crippen LogP contribution in [-0.2, 0) is 0 Å². The smallest absolute Gasteiger partial charge is 0.259 e. The van der Waals surface area contributed by atoms with Gasteiger partial charge in [0.2, 0.25) is 11.8 Å². The number of ether oxygens (including phenoxy) is 1. The fourth-order valence-electron chi connectivity index (χ4n) is 3.07. The number of pyridine rings is 1. The average Bonchev–Trinajstić information content (AvgIpc) is 3.17. The zero-order chi connectivity index (χ0) is 19.4. The van der Waals surface area contributed by atoms with Crippen LogP contribution in [0.15, 0.2) is 22.9 Å². The third-order valence-corrected chi connectivity index (χ3v) is 4.65. The molecule has 2 aromatic rings. The highest BCUT2D eigenvalue weighted by Gasteiger charge is 2.29. The van der Waals surface area contributed by atoms with Gasteiger partial charge in [0.05, 0.1) is 6.61 Å². The van der Waals surface area contributed by atoms with Gasteiger partial charge in [-0.2, -0.15) is 4.98 Å². The van der Waals surface area contributed by atoms with E-state index in [0.717, 1.165) is 18.7 Å². The molecule has 1 saturated heterocycles. The minimum absolute atomic E-state index is 0.0312. The van der Waals surface area contributed by atoms with Crippen LogP contribution >= 0.6 is 0 Å². The second kappa shape index (κ2) is 8.50. The Kier molecular flexibility index (Phi) is 6.08. The number of piperidine rings is 1. The Morgan fingerprint density at radius 1 is 1.30 bits per heavy atom. The number of carbonyl (C=O) groups is 1. The molecule has 0 bridgehead atoms. The lowest BCUT2D eigenvalue weighted by Crippen LogP contribution is -2.38. The van der Waals surface area contributed by atoms with Crippen molar-refractivity contribution in [2.75, 3.05) is 19.7 Å². The van der Waals surface area contributed by atoms with Crippen molar-refractivity contribution in [3.63, 3.8) is 0 Å². The van der Waals surface area contributed by atoms with Crippen LogP contribution in [0.3, 0.4) is 0 Å². The standard InChI is InChI=1S/C20H28N4O3/c1-13(2)12-26-19-16(6-5-9-21-19)20(25)24-10-7-15(8-11-24)17-22-18(14(3)4)27-23-17/h5-6,9,13-15H,7-8,10-12H2,1-4H3. The summed E-state index contributed by atoms with van der Waals surface area (Å²) in [6.45, 7) is 10.1. The van der Waals surface area contributed by atoms with Crippen molar-refractivity contribution in [1.82, 2.24) is 20.0 Å². The fourth-order valence-corrected chi connectivity index (χ4v) is 3.07. The van der Waals surface area contributed by atoms with E-state index < -0.39 is 0 Å². The molecule has 2 aromatic heterocycles. The number of carbonyl (C=O) groups excluding carboxylic acids is 1. The third kappa shape index (κ3) is 4.64. The molecular formula is C20H28N4O3. The van der Waals surface area contributed by atoms with E-state index in [9.17, 15) is 4.79 Å². The summed E-state index contributed by atoms with van der Waals surface area (Å²) in [4.78, 5) is 23.6. The molecule has 0 unspecified atom stereocenters. The molecule has 0 radical (unpaired) electrons. The zero-order valence-electron chi connectivity index (χ0n) is 16.5. The van der Waals surface area contributed by atoms with Crippen molar-refractivity contribution in [2.24, 2.45) is 5.92 Å². The van der Waals surface area contributed by atoms with Crippen LogP contribution in [0, 0.1) is 5.92 Å². The number of rotatable bonds is 6. The summed E-state index contributed by atoms with van der Waals surface area (Å²) in [5.74, 6) is 2.64. The first kappa shape index (κ1) is 19.3. The van der Waals surface area contributed by atoms with E-state index in [1.54, 1.807) is 18.3 Å². The summed E-state index contributed by atoms with van der Waals surface area (Å²) in [5, 5.41) is 4.12. The van der Waals surface area contributed by atoms with Gasteiger partial charge in [0, 0.05) is 31.1 Å². The van der Waals surface area contributed by atoms with Gasteiger partial charge in [0.15, 0.2) is 5.82 Å². The predicted octanol–water partition coefficient (Wildman–Crippen LogP) is 3.64. The fraction of sp³-hybridized carbons (Fsp3) is 0.600. The lowest BCUT2D eigenvalue weighted by molar-refractivity contribution is 0.0704. The summed E-state index contributed by atoms with van der Waals surface area (Å²) < 4.78 is 11.1. The zero-order valence-corrected chi connectivity index (χ0v) is 16.5.